The van der Waals surface area contributed by atoms with Crippen LogP contribution in [0.25, 0.3) is 55.0 Å². The molecule has 0 radical (unpaired) electrons. The highest BCUT2D eigenvalue weighted by atomic mass is 79.9. The number of nitrogens with zero attached hydrogens (tertiary/aromatic N) is 4. The highest BCUT2D eigenvalue weighted by Gasteiger charge is 2.64. The highest BCUT2D eigenvalue weighted by Crippen LogP contribution is 2.64. The van der Waals surface area contributed by atoms with Crippen LogP contribution in [0.1, 0.15) is 135 Å². The van der Waals surface area contributed by atoms with Crippen LogP contribution >= 0.6 is 31.7 Å². The molecule has 26 rings (SSSR count). The summed E-state index contributed by atoms with van der Waals surface area (Å²) in [6.45, 7) is 27.8. The Bertz CT molecular complexity index is 8130. The molecule has 4 nitrogen and oxygen atoms in total. The molecular weight excluding hydrogens is 1950 g/mol. The van der Waals surface area contributed by atoms with Crippen molar-refractivity contribution in [3.8, 4) is 11.4 Å². The van der Waals surface area contributed by atoms with Crippen LogP contribution in [0.15, 0.2) is 490 Å². The van der Waals surface area contributed by atoms with Gasteiger partial charge in [0.25, 0.3) is 5.54 Å². The first-order chi connectivity index (χ1) is 71.8. The molecule has 0 N–H and O–H groups in total. The lowest BCUT2D eigenvalue weighted by molar-refractivity contribution is 0.281. The number of hydrogen-bond acceptors (Lipinski definition) is 2. The first-order valence-corrected chi connectivity index (χ1v) is 55.0. The molecule has 16 aromatic carbocycles. The van der Waals surface area contributed by atoms with Crippen LogP contribution in [-0.4, -0.2) is 34.8 Å². The van der Waals surface area contributed by atoms with Gasteiger partial charge >= 0.3 is 0 Å². The monoisotopic (exact) mass is 2070 g/mol. The van der Waals surface area contributed by atoms with Gasteiger partial charge in [0.15, 0.2) is 0 Å². The average Bonchev–Trinajstić information content (AvgIpc) is 0.755. The number of aromatic nitrogens is 2. The summed E-state index contributed by atoms with van der Waals surface area (Å²) in [6, 6.07) is 146. The molecule has 8 aliphatic rings. The van der Waals surface area contributed by atoms with E-state index in [1.54, 1.807) is 0 Å². The van der Waals surface area contributed by atoms with E-state index in [1.165, 1.54) is 149 Å². The minimum absolute atomic E-state index is 0. The quantitative estimate of drug-likeness (QED) is 0.120. The fourth-order valence-electron chi connectivity index (χ4n) is 27.1. The van der Waals surface area contributed by atoms with E-state index in [0.717, 1.165) is 27.2 Å². The van der Waals surface area contributed by atoms with Gasteiger partial charge < -0.3 is 18.9 Å². The Morgan fingerprint density at radius 1 is 0.240 bits per heavy atom. The molecule has 10 unspecified atom stereocenters. The van der Waals surface area contributed by atoms with Crippen molar-refractivity contribution in [1.29, 1.82) is 0 Å². The van der Waals surface area contributed by atoms with Gasteiger partial charge in [0.1, 0.15) is 0 Å². The molecule has 0 bridgehead atoms. The Morgan fingerprint density at radius 3 is 0.733 bits per heavy atom. The number of fused-ring (bicyclic) bond motifs is 22. The fraction of sp³-hybridized carbons (Fsp3) is 0.194. The normalized spacial score (nSPS) is 20.3. The molecular formula is C139H129B4Br2FN4. The van der Waals surface area contributed by atoms with Crippen LogP contribution in [0.2, 0.25) is 23.3 Å². The minimum atomic E-state index is -0.296. The molecule has 4 aliphatic heterocycles. The topological polar surface area (TPSA) is 16.3 Å². The first kappa shape index (κ1) is 100. The molecule has 2 aromatic heterocycles. The second kappa shape index (κ2) is 39.9. The number of benzene rings is 16. The van der Waals surface area contributed by atoms with Crippen LogP contribution in [0, 0.1) is 23.7 Å². The summed E-state index contributed by atoms with van der Waals surface area (Å²) in [5.41, 5.74) is 35.7. The van der Waals surface area contributed by atoms with E-state index in [9.17, 15) is 0 Å². The molecule has 0 fully saturated rings. The molecule has 150 heavy (non-hydrogen) atoms. The van der Waals surface area contributed by atoms with Crippen LogP contribution in [-0.2, 0) is 32.5 Å². The Labute approximate surface area is 905 Å². The predicted molar refractivity (Wildman–Crippen MR) is 654 cm³/mol. The molecule has 6 heterocycles. The van der Waals surface area contributed by atoms with Gasteiger partial charge in [0.2, 0.25) is 20.1 Å². The standard InChI is InChI=1S/C69H62B2N2.C43H32B2BrN.C26H30BrN.CH4.FH/c1-67(2,3)47-31-39-51(40-32-47)72(52-41-33-48(34-42-52)68(4,5)6)53-43-35-49(36-44-53)70-61-25-13-9-21-57(61)69(58-22-10-14-26-62(58)70)59-23-11-15-27-63(59)71(64-28-16-12-24-60(64)69)50-37-45-54(46-38-50)73-65-29-17-7-19-55(65)56-20-8-18-30-66(56)73;46-45-39-21-9-5-17-35(39)43(36-18-6-10-22-40(36)45)33-15-3-7-19-37(33)44(38-20-8-4-16-34(38)43)29-25-27-30(28-26-29)47-41-23-11-1-13-31(41)32-14-2-12-24-42(32)47;1-25(2,3)19-7-13-22(14-8-19)28(24-17-11-21(27)12-18-24)23-15-9-20(10-16-23)26(4,5)6;;/h7-46,57,59,61,63H,1-6H3;1-28,33,35,37,39H;7-18H,1-6H3;1H4;1H. The van der Waals surface area contributed by atoms with Crippen LogP contribution in [0.4, 0.5) is 38.8 Å². The van der Waals surface area contributed by atoms with Gasteiger partial charge in [-0.25, -0.2) is 0 Å². The molecule has 0 saturated carbocycles. The Morgan fingerprint density at radius 2 is 0.453 bits per heavy atom. The maximum absolute atomic E-state index is 4.19. The molecule has 738 valence electrons. The van der Waals surface area contributed by atoms with E-state index in [-0.39, 0.29) is 93.8 Å². The SMILES string of the molecule is BrB1c2ccccc2C2(c3ccccc3B(c3ccc(-n4c5ccccc5c5ccccc54)cc3)C3C=CC=CC32)C2C=CC=CC12.C.CC(C)(C)c1ccc(N(c2ccc(B3c4ccccc4C4(c5ccccc5B(c5ccc(-n6c7ccccc7c7ccccc76)cc5)C5C=CC=CC54)C4C=CC=CC34)cc2)c2ccc(C(C)(C)C)cc2)cc1.CC(C)(C)c1ccc(N(c2ccc(Br)cc2)c2ccc(C(C)(C)C)cc2)cc1.F. The van der Waals surface area contributed by atoms with Crippen molar-refractivity contribution in [3.63, 3.8) is 0 Å². The van der Waals surface area contributed by atoms with Crippen molar-refractivity contribution in [3.05, 3.63) is 534 Å². The van der Waals surface area contributed by atoms with Gasteiger partial charge in [-0.05, 0) is 247 Å². The van der Waals surface area contributed by atoms with Crippen LogP contribution < -0.4 is 48.0 Å². The van der Waals surface area contributed by atoms with Gasteiger partial charge in [0, 0.05) is 82.3 Å². The van der Waals surface area contributed by atoms with Gasteiger partial charge in [0.05, 0.1) is 22.1 Å². The molecule has 0 saturated heterocycles. The molecule has 0 amide bonds. The third-order valence-electron chi connectivity index (χ3n) is 34.0. The number of anilines is 6. The van der Waals surface area contributed by atoms with E-state index in [2.05, 4.69) is 619 Å². The Hall–Kier alpha value is -14.2. The van der Waals surface area contributed by atoms with Crippen LogP contribution in [0.3, 0.4) is 0 Å². The van der Waals surface area contributed by atoms with Gasteiger partial charge in [-0.2, -0.15) is 0 Å². The zero-order valence-electron chi connectivity index (χ0n) is 87.1. The zero-order valence-corrected chi connectivity index (χ0v) is 90.2. The second-order valence-electron chi connectivity index (χ2n) is 46.3. The fourth-order valence-corrected chi connectivity index (χ4v) is 28.3. The van der Waals surface area contributed by atoms with E-state index in [4.69, 9.17) is 0 Å². The first-order valence-electron chi connectivity index (χ1n) is 53.3. The molecule has 4 aliphatic carbocycles. The van der Waals surface area contributed by atoms with E-state index >= 15 is 0 Å². The lowest BCUT2D eigenvalue weighted by atomic mass is 9.19. The Balaban J connectivity index is 0.000000141. The van der Waals surface area contributed by atoms with Crippen LogP contribution in [0.5, 0.6) is 0 Å². The number of hydrogen-bond donors (Lipinski definition) is 0. The van der Waals surface area contributed by atoms with Gasteiger partial charge in [-0.1, -0.05) is 497 Å². The second-order valence-corrected chi connectivity index (χ2v) is 48.2. The molecule has 18 aromatic rings. The maximum atomic E-state index is 4.19. The predicted octanol–water partition coefficient (Wildman–Crippen LogP) is 32.4. The Kier molecular flexibility index (Phi) is 26.7. The van der Waals surface area contributed by atoms with Crippen molar-refractivity contribution in [1.82, 2.24) is 9.13 Å². The van der Waals surface area contributed by atoms with Crippen molar-refractivity contribution < 1.29 is 4.70 Å². The van der Waals surface area contributed by atoms with E-state index in [1.807, 2.05) is 0 Å². The summed E-state index contributed by atoms with van der Waals surface area (Å²) in [5.74, 6) is 2.31. The zero-order chi connectivity index (χ0) is 101. The van der Waals surface area contributed by atoms with Crippen molar-refractivity contribution in [2.24, 2.45) is 23.7 Å². The summed E-state index contributed by atoms with van der Waals surface area (Å²) < 4.78 is 5.94. The summed E-state index contributed by atoms with van der Waals surface area (Å²) in [5, 5.41) is 5.16. The summed E-state index contributed by atoms with van der Waals surface area (Å²) >= 11 is 7.74. The maximum Gasteiger partial charge on any atom is 0.262 e. The largest absolute Gasteiger partial charge is 0.311 e. The lowest BCUT2D eigenvalue weighted by Gasteiger charge is -2.59. The van der Waals surface area contributed by atoms with E-state index < -0.39 is 0 Å². The number of allylic oxidation sites excluding steroid dienone is 16. The number of rotatable bonds is 11. The molecule has 2 spiro atoms. The molecule has 11 heteroatoms. The number of para-hydroxylation sites is 4. The van der Waals surface area contributed by atoms with Crippen molar-refractivity contribution in [2.45, 2.75) is 146 Å². The highest BCUT2D eigenvalue weighted by molar-refractivity contribution is 9.25. The average molecular weight is 2080 g/mol. The summed E-state index contributed by atoms with van der Waals surface area (Å²) in [7, 11) is 0. The smallest absolute Gasteiger partial charge is 0.262 e. The summed E-state index contributed by atoms with van der Waals surface area (Å²) in [4.78, 5) is 4.74. The van der Waals surface area contributed by atoms with Crippen molar-refractivity contribution in [2.75, 3.05) is 9.80 Å². The third-order valence-corrected chi connectivity index (χ3v) is 35.6. The summed E-state index contributed by atoms with van der Waals surface area (Å²) in [6.07, 6.45) is 38.7. The lowest BCUT2D eigenvalue weighted by Crippen LogP contribution is -2.67. The minimum Gasteiger partial charge on any atom is -0.311 e. The molecule has 10 atom stereocenters. The van der Waals surface area contributed by atoms with Crippen molar-refractivity contribution >= 4 is 173 Å². The van der Waals surface area contributed by atoms with Gasteiger partial charge in [-0.3, -0.25) is 4.70 Å². The van der Waals surface area contributed by atoms with Gasteiger partial charge in [-0.15, -0.1) is 15.8 Å². The third kappa shape index (κ3) is 17.3. The number of halogens is 3. The van der Waals surface area contributed by atoms with E-state index in [0.29, 0.717) is 23.5 Å².